The number of nitrogens with one attached hydrogen (secondary N) is 1. The molecule has 3 rings (SSSR count). The van der Waals surface area contributed by atoms with Gasteiger partial charge < -0.3 is 17.2 Å². The molecule has 132 valence electrons. The van der Waals surface area contributed by atoms with E-state index >= 15 is 0 Å². The van der Waals surface area contributed by atoms with Crippen molar-refractivity contribution in [2.75, 3.05) is 0 Å². The Morgan fingerprint density at radius 3 is 2.00 bits per heavy atom. The Kier molecular flexibility index (Phi) is 12.1. The van der Waals surface area contributed by atoms with E-state index in [1.807, 2.05) is 0 Å². The van der Waals surface area contributed by atoms with Gasteiger partial charge in [0.1, 0.15) is 5.56 Å². The maximum Gasteiger partial charge on any atom is 1.00 e. The first-order chi connectivity index (χ1) is 11.1. The zero-order chi connectivity index (χ0) is 16.7. The summed E-state index contributed by atoms with van der Waals surface area (Å²) in [6, 6.07) is 9.02. The summed E-state index contributed by atoms with van der Waals surface area (Å²) in [5, 5.41) is 0. The van der Waals surface area contributed by atoms with E-state index in [4.69, 9.17) is 0 Å². The average molecular weight is 366 g/mol. The fourth-order valence-electron chi connectivity index (χ4n) is 3.69. The first-order valence-corrected chi connectivity index (χ1v) is 8.59. The van der Waals surface area contributed by atoms with Gasteiger partial charge in [-0.15, -0.1) is 0 Å². The summed E-state index contributed by atoms with van der Waals surface area (Å²) in [4.78, 5) is 16.5. The van der Waals surface area contributed by atoms with Gasteiger partial charge in [-0.3, -0.25) is 4.98 Å². The van der Waals surface area contributed by atoms with E-state index in [9.17, 15) is 4.79 Å². The molecule has 1 N–H and O–H groups in total. The van der Waals surface area contributed by atoms with Gasteiger partial charge in [0, 0.05) is 5.69 Å². The number of rotatable bonds is 4. The first-order valence-electron chi connectivity index (χ1n) is 8.59. The Morgan fingerprint density at radius 2 is 1.64 bits per heavy atom. The zero-order valence-corrected chi connectivity index (χ0v) is 19.6. The van der Waals surface area contributed by atoms with Crippen molar-refractivity contribution < 1.29 is 51.4 Å². The number of aromatic amines is 1. The van der Waals surface area contributed by atoms with Crippen molar-refractivity contribution in [1.82, 2.24) is 9.97 Å². The van der Waals surface area contributed by atoms with E-state index < -0.39 is 0 Å². The predicted molar refractivity (Wildman–Crippen MR) is 101 cm³/mol. The van der Waals surface area contributed by atoms with E-state index in [2.05, 4.69) is 54.3 Å². The van der Waals surface area contributed by atoms with Crippen LogP contribution in [0.5, 0.6) is 0 Å². The number of H-pyrrole nitrogens is 1. The Bertz CT molecular complexity index is 648. The summed E-state index contributed by atoms with van der Waals surface area (Å²) in [7, 11) is 0. The third kappa shape index (κ3) is 7.10. The third-order valence-corrected chi connectivity index (χ3v) is 4.65. The number of hydrogen-bond donors (Lipinski definition) is 1. The minimum atomic E-state index is -0.174. The number of fused-ring (bicyclic) bond motifs is 1. The summed E-state index contributed by atoms with van der Waals surface area (Å²) in [6.45, 7) is 6.29. The van der Waals surface area contributed by atoms with Gasteiger partial charge in [0.25, 0.3) is 0 Å². The van der Waals surface area contributed by atoms with Crippen LogP contribution < -0.4 is 56.9 Å². The first kappa shape index (κ1) is 24.7. The Hall–Kier alpha value is -0.264. The average Bonchev–Trinajstić information content (AvgIpc) is 2.89. The van der Waals surface area contributed by atoms with E-state index in [1.54, 1.807) is 18.1 Å². The van der Waals surface area contributed by atoms with Crippen molar-refractivity contribution in [2.24, 2.45) is 5.41 Å². The van der Waals surface area contributed by atoms with Gasteiger partial charge in [-0.25, -0.2) is 0 Å². The number of aromatic nitrogens is 2. The quantitative estimate of drug-likeness (QED) is 0.662. The largest absolute Gasteiger partial charge is 1.00 e. The van der Waals surface area contributed by atoms with Crippen LogP contribution in [-0.4, -0.2) is 9.97 Å². The molecule has 0 amide bonds. The molecular weight excluding hydrogens is 335 g/mol. The molecule has 1 heterocycles. The molecule has 25 heavy (non-hydrogen) atoms. The van der Waals surface area contributed by atoms with Crippen molar-refractivity contribution in [1.29, 1.82) is 0 Å². The SMILES string of the molecule is CCCC1(CCC)Cc2ccccc2C1.Cc1nc[c-][nH]c1=O.[CH3-].[K+]. The molecule has 0 radical (unpaired) electrons. The topological polar surface area (TPSA) is 45.8 Å². The van der Waals surface area contributed by atoms with Crippen LogP contribution in [0.4, 0.5) is 0 Å². The summed E-state index contributed by atoms with van der Waals surface area (Å²) in [5.41, 5.74) is 4.13. The second kappa shape index (κ2) is 12.2. The number of benzene rings is 1. The molecule has 1 aromatic carbocycles. The molecule has 2 aromatic rings. The number of aryl methyl sites for hydroxylation is 1. The zero-order valence-electron chi connectivity index (χ0n) is 16.5. The van der Waals surface area contributed by atoms with Crippen LogP contribution in [0.1, 0.15) is 56.4 Å². The Labute approximate surface area is 195 Å². The monoisotopic (exact) mass is 365 g/mol. The second-order valence-corrected chi connectivity index (χ2v) is 6.56. The fraction of sp³-hybridized carbons (Fsp3) is 0.476. The van der Waals surface area contributed by atoms with Crippen LogP contribution in [0.15, 0.2) is 35.3 Å². The summed E-state index contributed by atoms with van der Waals surface area (Å²) < 4.78 is 0. The standard InChI is InChI=1S/C15H22.C5H5N2O.CH3.K/c1-3-9-15(10-4-2)11-13-7-5-6-8-14(13)12-15;1-4-5(8)7-3-2-6-4;;/h5-8H,3-4,9-12H2,1-2H3;2H,1H3,(H,7,8);1H3;/q;2*-1;+1. The number of nitrogens with zero attached hydrogens (tertiary/aromatic N) is 1. The molecule has 4 heteroatoms. The molecule has 0 aliphatic heterocycles. The third-order valence-electron chi connectivity index (χ3n) is 4.65. The number of hydrogen-bond acceptors (Lipinski definition) is 2. The fourth-order valence-corrected chi connectivity index (χ4v) is 3.69. The molecule has 1 aliphatic rings. The van der Waals surface area contributed by atoms with Crippen LogP contribution in [0.3, 0.4) is 0 Å². The van der Waals surface area contributed by atoms with E-state index in [-0.39, 0.29) is 64.4 Å². The molecular formula is C21H30KN2O-. The maximum atomic E-state index is 10.5. The summed E-state index contributed by atoms with van der Waals surface area (Å²) in [5.74, 6) is 0. The molecule has 0 bridgehead atoms. The van der Waals surface area contributed by atoms with Gasteiger partial charge in [0.2, 0.25) is 0 Å². The van der Waals surface area contributed by atoms with Gasteiger partial charge in [0.05, 0.1) is 0 Å². The normalized spacial score (nSPS) is 13.6. The minimum absolute atomic E-state index is 0. The van der Waals surface area contributed by atoms with Crippen molar-refractivity contribution in [3.63, 3.8) is 0 Å². The van der Waals surface area contributed by atoms with Crippen molar-refractivity contribution >= 4 is 0 Å². The molecule has 1 aliphatic carbocycles. The second-order valence-electron chi connectivity index (χ2n) is 6.56. The van der Waals surface area contributed by atoms with Gasteiger partial charge in [0.15, 0.2) is 0 Å². The van der Waals surface area contributed by atoms with Crippen LogP contribution in [-0.2, 0) is 12.8 Å². The van der Waals surface area contributed by atoms with Crippen LogP contribution in [0, 0.1) is 26.0 Å². The molecule has 0 spiro atoms. The molecule has 0 fully saturated rings. The smallest absolute Gasteiger partial charge is 0.490 e. The van der Waals surface area contributed by atoms with Crippen molar-refractivity contribution in [3.05, 3.63) is 71.3 Å². The van der Waals surface area contributed by atoms with Crippen LogP contribution in [0.25, 0.3) is 0 Å². The Balaban J connectivity index is 0.000000497. The summed E-state index contributed by atoms with van der Waals surface area (Å²) >= 11 is 0. The van der Waals surface area contributed by atoms with E-state index in [0.717, 1.165) is 0 Å². The van der Waals surface area contributed by atoms with Gasteiger partial charge >= 0.3 is 51.4 Å². The minimum Gasteiger partial charge on any atom is -0.490 e. The van der Waals surface area contributed by atoms with E-state index in [0.29, 0.717) is 11.1 Å². The Morgan fingerprint density at radius 1 is 1.12 bits per heavy atom. The molecule has 3 nitrogen and oxygen atoms in total. The van der Waals surface area contributed by atoms with Crippen LogP contribution in [0.2, 0.25) is 0 Å². The van der Waals surface area contributed by atoms with Gasteiger partial charge in [-0.1, -0.05) is 51.0 Å². The maximum absolute atomic E-state index is 10.5. The molecule has 0 saturated carbocycles. The van der Waals surface area contributed by atoms with Crippen molar-refractivity contribution in [2.45, 2.75) is 59.3 Å². The predicted octanol–water partition coefficient (Wildman–Crippen LogP) is 1.70. The van der Waals surface area contributed by atoms with E-state index in [1.165, 1.54) is 44.7 Å². The summed E-state index contributed by atoms with van der Waals surface area (Å²) in [6.07, 6.45) is 12.0. The van der Waals surface area contributed by atoms with Crippen molar-refractivity contribution in [3.8, 4) is 0 Å². The molecule has 0 unspecified atom stereocenters. The van der Waals surface area contributed by atoms with Crippen LogP contribution >= 0.6 is 0 Å². The van der Waals surface area contributed by atoms with Gasteiger partial charge in [-0.2, -0.15) is 6.20 Å². The molecule has 1 aromatic heterocycles. The molecule has 0 atom stereocenters. The molecule has 0 saturated heterocycles. The van der Waals surface area contributed by atoms with Gasteiger partial charge in [-0.05, 0) is 55.3 Å².